The Bertz CT molecular complexity index is 643. The first-order chi connectivity index (χ1) is 10.7. The van der Waals surface area contributed by atoms with Crippen molar-refractivity contribution >= 4 is 5.91 Å². The van der Waals surface area contributed by atoms with Crippen LogP contribution in [0.25, 0.3) is 5.69 Å². The summed E-state index contributed by atoms with van der Waals surface area (Å²) in [6.07, 6.45) is 1.72. The van der Waals surface area contributed by atoms with Crippen molar-refractivity contribution in [2.24, 2.45) is 5.92 Å². The molecule has 0 saturated carbocycles. The van der Waals surface area contributed by atoms with E-state index in [2.05, 4.69) is 5.10 Å². The lowest BCUT2D eigenvalue weighted by Gasteiger charge is -2.30. The number of amides is 1. The first kappa shape index (κ1) is 14.8. The SMILES string of the molecule is Cc1cc(C(=O)N2CCC(CO)CC2)nn1-c1ccccc1. The molecule has 0 spiro atoms. The van der Waals surface area contributed by atoms with Crippen molar-refractivity contribution in [3.63, 3.8) is 0 Å². The zero-order chi connectivity index (χ0) is 15.5. The monoisotopic (exact) mass is 299 g/mol. The van der Waals surface area contributed by atoms with Crippen LogP contribution in [0.5, 0.6) is 0 Å². The van der Waals surface area contributed by atoms with E-state index in [9.17, 15) is 9.90 Å². The molecule has 1 fully saturated rings. The maximum Gasteiger partial charge on any atom is 0.274 e. The minimum absolute atomic E-state index is 0.0193. The maximum atomic E-state index is 12.6. The zero-order valence-corrected chi connectivity index (χ0v) is 12.8. The van der Waals surface area contributed by atoms with E-state index in [4.69, 9.17) is 0 Å². The van der Waals surface area contributed by atoms with E-state index in [0.29, 0.717) is 24.7 Å². The Morgan fingerprint density at radius 3 is 2.59 bits per heavy atom. The van der Waals surface area contributed by atoms with E-state index in [1.165, 1.54) is 0 Å². The molecule has 1 N–H and O–H groups in total. The highest BCUT2D eigenvalue weighted by Gasteiger charge is 2.25. The number of aliphatic hydroxyl groups is 1. The maximum absolute atomic E-state index is 12.6. The normalized spacial score (nSPS) is 16.0. The highest BCUT2D eigenvalue weighted by atomic mass is 16.3. The van der Waals surface area contributed by atoms with Gasteiger partial charge in [0.05, 0.1) is 5.69 Å². The fraction of sp³-hybridized carbons (Fsp3) is 0.412. The lowest BCUT2D eigenvalue weighted by atomic mass is 9.98. The van der Waals surface area contributed by atoms with Gasteiger partial charge in [-0.2, -0.15) is 5.10 Å². The number of hydrogen-bond acceptors (Lipinski definition) is 3. The molecule has 1 saturated heterocycles. The molecule has 22 heavy (non-hydrogen) atoms. The van der Waals surface area contributed by atoms with Gasteiger partial charge in [0.1, 0.15) is 0 Å². The van der Waals surface area contributed by atoms with Crippen molar-refractivity contribution < 1.29 is 9.90 Å². The van der Waals surface area contributed by atoms with Crippen LogP contribution in [-0.2, 0) is 0 Å². The number of piperidine rings is 1. The van der Waals surface area contributed by atoms with Gasteiger partial charge in [-0.25, -0.2) is 4.68 Å². The predicted octanol–water partition coefficient (Wildman–Crippen LogP) is 2.03. The quantitative estimate of drug-likeness (QED) is 0.943. The van der Waals surface area contributed by atoms with Crippen LogP contribution < -0.4 is 0 Å². The Balaban J connectivity index is 1.77. The first-order valence-electron chi connectivity index (χ1n) is 7.71. The molecular formula is C17H21N3O2. The topological polar surface area (TPSA) is 58.4 Å². The Kier molecular flexibility index (Phi) is 4.24. The number of aryl methyl sites for hydroxylation is 1. The summed E-state index contributed by atoms with van der Waals surface area (Å²) in [5, 5.41) is 13.6. The van der Waals surface area contributed by atoms with Crippen molar-refractivity contribution in [2.75, 3.05) is 19.7 Å². The minimum Gasteiger partial charge on any atom is -0.396 e. The summed E-state index contributed by atoms with van der Waals surface area (Å²) in [5.74, 6) is 0.307. The average molecular weight is 299 g/mol. The smallest absolute Gasteiger partial charge is 0.274 e. The summed E-state index contributed by atoms with van der Waals surface area (Å²) in [6, 6.07) is 11.7. The van der Waals surface area contributed by atoms with Crippen LogP contribution in [-0.4, -0.2) is 45.4 Å². The lowest BCUT2D eigenvalue weighted by molar-refractivity contribution is 0.0644. The number of rotatable bonds is 3. The average Bonchev–Trinajstić information content (AvgIpc) is 2.97. The van der Waals surface area contributed by atoms with Crippen LogP contribution in [0.15, 0.2) is 36.4 Å². The van der Waals surface area contributed by atoms with Crippen LogP contribution in [0.1, 0.15) is 29.0 Å². The van der Waals surface area contributed by atoms with E-state index in [1.54, 1.807) is 4.68 Å². The molecule has 5 heteroatoms. The summed E-state index contributed by atoms with van der Waals surface area (Å²) >= 11 is 0. The molecule has 1 aliphatic heterocycles. The third-order valence-corrected chi connectivity index (χ3v) is 4.27. The summed E-state index contributed by atoms with van der Waals surface area (Å²) in [7, 11) is 0. The standard InChI is InChI=1S/C17H21N3O2/c1-13-11-16(18-20(13)15-5-3-2-4-6-15)17(22)19-9-7-14(12-21)8-10-19/h2-6,11,14,21H,7-10,12H2,1H3. The molecule has 5 nitrogen and oxygen atoms in total. The fourth-order valence-electron chi connectivity index (χ4n) is 2.89. The fourth-order valence-corrected chi connectivity index (χ4v) is 2.89. The van der Waals surface area contributed by atoms with Gasteiger partial charge in [-0.05, 0) is 43.9 Å². The summed E-state index contributed by atoms with van der Waals surface area (Å²) in [6.45, 7) is 3.56. The number of aliphatic hydroxyl groups excluding tert-OH is 1. The number of nitrogens with zero attached hydrogens (tertiary/aromatic N) is 3. The molecule has 0 atom stereocenters. The Morgan fingerprint density at radius 1 is 1.27 bits per heavy atom. The van der Waals surface area contributed by atoms with Gasteiger partial charge in [0, 0.05) is 25.4 Å². The predicted molar refractivity (Wildman–Crippen MR) is 84.0 cm³/mol. The minimum atomic E-state index is -0.0193. The van der Waals surface area contributed by atoms with Gasteiger partial charge in [-0.15, -0.1) is 0 Å². The van der Waals surface area contributed by atoms with Gasteiger partial charge >= 0.3 is 0 Å². The highest BCUT2D eigenvalue weighted by molar-refractivity contribution is 5.92. The second-order valence-electron chi connectivity index (χ2n) is 5.84. The molecule has 1 aromatic carbocycles. The second kappa shape index (κ2) is 6.32. The molecule has 1 aromatic heterocycles. The first-order valence-corrected chi connectivity index (χ1v) is 7.71. The van der Waals surface area contributed by atoms with E-state index >= 15 is 0 Å². The van der Waals surface area contributed by atoms with E-state index < -0.39 is 0 Å². The Morgan fingerprint density at radius 2 is 1.95 bits per heavy atom. The lowest BCUT2D eigenvalue weighted by Crippen LogP contribution is -2.39. The van der Waals surface area contributed by atoms with Crippen molar-refractivity contribution in [3.8, 4) is 5.69 Å². The molecule has 0 radical (unpaired) electrons. The van der Waals surface area contributed by atoms with Gasteiger partial charge in [0.15, 0.2) is 5.69 Å². The number of carbonyl (C=O) groups is 1. The summed E-state index contributed by atoms with van der Waals surface area (Å²) < 4.78 is 1.80. The third-order valence-electron chi connectivity index (χ3n) is 4.27. The largest absolute Gasteiger partial charge is 0.396 e. The van der Waals surface area contributed by atoms with Crippen LogP contribution >= 0.6 is 0 Å². The van der Waals surface area contributed by atoms with E-state index in [-0.39, 0.29) is 12.5 Å². The van der Waals surface area contributed by atoms with E-state index in [1.807, 2.05) is 48.2 Å². The van der Waals surface area contributed by atoms with Crippen LogP contribution in [0.2, 0.25) is 0 Å². The molecule has 2 heterocycles. The van der Waals surface area contributed by atoms with Crippen molar-refractivity contribution in [2.45, 2.75) is 19.8 Å². The number of carbonyl (C=O) groups excluding carboxylic acids is 1. The Labute approximate surface area is 130 Å². The van der Waals surface area contributed by atoms with Gasteiger partial charge in [0.25, 0.3) is 5.91 Å². The van der Waals surface area contributed by atoms with Gasteiger partial charge in [0.2, 0.25) is 0 Å². The molecule has 0 bridgehead atoms. The molecule has 0 unspecified atom stereocenters. The van der Waals surface area contributed by atoms with Gasteiger partial charge in [-0.1, -0.05) is 18.2 Å². The third kappa shape index (κ3) is 2.90. The van der Waals surface area contributed by atoms with Crippen molar-refractivity contribution in [3.05, 3.63) is 47.8 Å². The van der Waals surface area contributed by atoms with E-state index in [0.717, 1.165) is 24.2 Å². The van der Waals surface area contributed by atoms with Crippen molar-refractivity contribution in [1.29, 1.82) is 0 Å². The zero-order valence-electron chi connectivity index (χ0n) is 12.8. The molecule has 0 aliphatic carbocycles. The number of likely N-dealkylation sites (tertiary alicyclic amines) is 1. The highest BCUT2D eigenvalue weighted by Crippen LogP contribution is 2.19. The number of para-hydroxylation sites is 1. The number of benzene rings is 1. The van der Waals surface area contributed by atoms with Crippen LogP contribution in [0.4, 0.5) is 0 Å². The number of aromatic nitrogens is 2. The molecule has 2 aromatic rings. The molecule has 1 amide bonds. The van der Waals surface area contributed by atoms with Crippen LogP contribution in [0, 0.1) is 12.8 Å². The van der Waals surface area contributed by atoms with Crippen molar-refractivity contribution in [1.82, 2.24) is 14.7 Å². The number of hydrogen-bond donors (Lipinski definition) is 1. The molecule has 1 aliphatic rings. The molecule has 116 valence electrons. The second-order valence-corrected chi connectivity index (χ2v) is 5.84. The van der Waals surface area contributed by atoms with Gasteiger partial charge < -0.3 is 10.0 Å². The summed E-state index contributed by atoms with van der Waals surface area (Å²) in [5.41, 5.74) is 2.39. The molecule has 3 rings (SSSR count). The van der Waals surface area contributed by atoms with Crippen LogP contribution in [0.3, 0.4) is 0 Å². The Hall–Kier alpha value is -2.14. The van der Waals surface area contributed by atoms with Gasteiger partial charge in [-0.3, -0.25) is 4.79 Å². The summed E-state index contributed by atoms with van der Waals surface area (Å²) in [4.78, 5) is 14.4. The molecular weight excluding hydrogens is 278 g/mol.